The molecule has 0 atom stereocenters. The van der Waals surface area contributed by atoms with E-state index in [-0.39, 0.29) is 17.0 Å². The van der Waals surface area contributed by atoms with Gasteiger partial charge in [-0.05, 0) is 57.6 Å². The zero-order valence-electron chi connectivity index (χ0n) is 12.9. The Kier molecular flexibility index (Phi) is 4.31. The lowest BCUT2D eigenvalue weighted by Crippen LogP contribution is -2.28. The van der Waals surface area contributed by atoms with Crippen molar-refractivity contribution in [3.8, 4) is 0 Å². The van der Waals surface area contributed by atoms with Crippen molar-refractivity contribution in [3.63, 3.8) is 0 Å². The summed E-state index contributed by atoms with van der Waals surface area (Å²) < 4.78 is 23.7. The molecule has 1 aromatic heterocycles. The van der Waals surface area contributed by atoms with Crippen molar-refractivity contribution in [1.82, 2.24) is 4.98 Å². The molecule has 2 N–H and O–H groups in total. The zero-order valence-corrected chi connectivity index (χ0v) is 13.7. The molecule has 118 valence electrons. The molecule has 0 amide bonds. The highest BCUT2D eigenvalue weighted by molar-refractivity contribution is 7.92. The van der Waals surface area contributed by atoms with Crippen LogP contribution >= 0.6 is 0 Å². The van der Waals surface area contributed by atoms with E-state index in [2.05, 4.69) is 10.3 Å². The smallest absolute Gasteiger partial charge is 0.200 e. The van der Waals surface area contributed by atoms with Crippen LogP contribution in [0.25, 0.3) is 0 Å². The maximum atomic E-state index is 12.3. The van der Waals surface area contributed by atoms with E-state index < -0.39 is 14.6 Å². The van der Waals surface area contributed by atoms with E-state index in [1.54, 1.807) is 39.1 Å². The first-order valence-electron chi connectivity index (χ1n) is 7.26. The normalized spacial score (nSPS) is 17.5. The van der Waals surface area contributed by atoms with Gasteiger partial charge in [-0.2, -0.15) is 0 Å². The second kappa shape index (κ2) is 5.57. The van der Waals surface area contributed by atoms with Crippen LogP contribution in [0.5, 0.6) is 0 Å². The van der Waals surface area contributed by atoms with E-state index in [0.29, 0.717) is 0 Å². The Hall–Kier alpha value is -1.14. The van der Waals surface area contributed by atoms with Crippen molar-refractivity contribution in [2.75, 3.05) is 18.5 Å². The lowest BCUT2D eigenvalue weighted by Gasteiger charge is -2.19. The summed E-state index contributed by atoms with van der Waals surface area (Å²) in [6.45, 7) is 6.01. The number of hydrogen-bond acceptors (Lipinski definition) is 5. The third kappa shape index (κ3) is 3.55. The number of aliphatic hydroxyl groups is 1. The Morgan fingerprint density at radius 2 is 2.00 bits per heavy atom. The van der Waals surface area contributed by atoms with Crippen LogP contribution in [0.2, 0.25) is 0 Å². The first kappa shape index (κ1) is 16.2. The second-order valence-electron chi connectivity index (χ2n) is 6.83. The van der Waals surface area contributed by atoms with E-state index in [9.17, 15) is 8.42 Å². The molecule has 0 unspecified atom stereocenters. The Morgan fingerprint density at radius 1 is 1.33 bits per heavy atom. The number of nitrogens with one attached hydrogen (secondary N) is 1. The van der Waals surface area contributed by atoms with Gasteiger partial charge < -0.3 is 10.4 Å². The van der Waals surface area contributed by atoms with Gasteiger partial charge in [-0.3, -0.25) is 0 Å². The van der Waals surface area contributed by atoms with Gasteiger partial charge in [0, 0.05) is 13.2 Å². The summed E-state index contributed by atoms with van der Waals surface area (Å²) in [5.74, 6) is 0. The number of rotatable bonds is 6. The molecule has 1 saturated carbocycles. The van der Waals surface area contributed by atoms with Crippen molar-refractivity contribution in [2.24, 2.45) is 5.41 Å². The molecule has 1 aliphatic carbocycles. The molecule has 0 bridgehead atoms. The van der Waals surface area contributed by atoms with Crippen molar-refractivity contribution in [1.29, 1.82) is 0 Å². The number of hydrogen-bond donors (Lipinski definition) is 2. The van der Waals surface area contributed by atoms with Gasteiger partial charge in [-0.25, -0.2) is 13.4 Å². The van der Waals surface area contributed by atoms with Gasteiger partial charge in [0.1, 0.15) is 0 Å². The molecule has 0 radical (unpaired) electrons. The molecule has 0 aliphatic heterocycles. The summed E-state index contributed by atoms with van der Waals surface area (Å²) >= 11 is 0. The van der Waals surface area contributed by atoms with Crippen molar-refractivity contribution in [2.45, 2.75) is 49.8 Å². The minimum absolute atomic E-state index is 0.108. The fourth-order valence-electron chi connectivity index (χ4n) is 2.18. The fraction of sp³-hybridized carbons (Fsp3) is 0.667. The molecule has 5 nitrogen and oxygen atoms in total. The third-order valence-corrected chi connectivity index (χ3v) is 6.49. The van der Waals surface area contributed by atoms with Crippen LogP contribution in [0, 0.1) is 5.41 Å². The quantitative estimate of drug-likeness (QED) is 0.842. The molecule has 0 aromatic carbocycles. The van der Waals surface area contributed by atoms with Crippen LogP contribution in [-0.2, 0) is 9.84 Å². The summed E-state index contributed by atoms with van der Waals surface area (Å²) in [6.07, 6.45) is 4.63. The predicted molar refractivity (Wildman–Crippen MR) is 83.0 cm³/mol. The summed E-state index contributed by atoms with van der Waals surface area (Å²) in [5, 5.41) is 12.4. The van der Waals surface area contributed by atoms with Gasteiger partial charge in [0.05, 0.1) is 16.6 Å². The Morgan fingerprint density at radius 3 is 2.43 bits per heavy atom. The molecule has 1 aliphatic rings. The molecule has 6 heteroatoms. The Labute approximate surface area is 126 Å². The molecule has 2 rings (SSSR count). The summed E-state index contributed by atoms with van der Waals surface area (Å²) in [5.41, 5.74) is 1.03. The zero-order chi connectivity index (χ0) is 15.7. The van der Waals surface area contributed by atoms with E-state index in [4.69, 9.17) is 5.11 Å². The first-order valence-corrected chi connectivity index (χ1v) is 8.74. The van der Waals surface area contributed by atoms with Crippen LogP contribution in [0.15, 0.2) is 23.4 Å². The lowest BCUT2D eigenvalue weighted by atomic mass is 10.0. The highest BCUT2D eigenvalue weighted by Gasteiger charge is 2.41. The monoisotopic (exact) mass is 312 g/mol. The number of pyridine rings is 1. The molecule has 21 heavy (non-hydrogen) atoms. The summed E-state index contributed by atoms with van der Waals surface area (Å²) in [6, 6.07) is 3.30. The van der Waals surface area contributed by atoms with E-state index >= 15 is 0 Å². The van der Waals surface area contributed by atoms with Crippen LogP contribution in [-0.4, -0.2) is 36.4 Å². The average Bonchev–Trinajstić information content (AvgIpc) is 3.16. The molecule has 1 fully saturated rings. The minimum atomic E-state index is -3.40. The van der Waals surface area contributed by atoms with E-state index in [1.165, 1.54) is 0 Å². The van der Waals surface area contributed by atoms with E-state index in [1.807, 2.05) is 0 Å². The van der Waals surface area contributed by atoms with Gasteiger partial charge in [0.25, 0.3) is 0 Å². The number of anilines is 1. The Bertz CT molecular complexity index is 584. The number of aromatic nitrogens is 1. The van der Waals surface area contributed by atoms with Crippen molar-refractivity contribution in [3.05, 3.63) is 18.3 Å². The number of nitrogens with zero attached hydrogens (tertiary/aromatic N) is 1. The van der Waals surface area contributed by atoms with Gasteiger partial charge in [0.2, 0.25) is 0 Å². The van der Waals surface area contributed by atoms with Gasteiger partial charge in [-0.15, -0.1) is 0 Å². The van der Waals surface area contributed by atoms with Crippen molar-refractivity contribution >= 4 is 15.5 Å². The molecule has 0 spiro atoms. The third-order valence-electron chi connectivity index (χ3n) is 4.08. The van der Waals surface area contributed by atoms with Gasteiger partial charge in [-0.1, -0.05) is 0 Å². The molecule has 1 aromatic rings. The Balaban J connectivity index is 2.03. The SMILES string of the molecule is CC(C)(C)S(=O)(=O)c1ccc(NCC2(CCO)CC2)cn1. The van der Waals surface area contributed by atoms with Crippen LogP contribution < -0.4 is 5.32 Å². The first-order chi connectivity index (χ1) is 9.70. The topological polar surface area (TPSA) is 79.3 Å². The van der Waals surface area contributed by atoms with Crippen LogP contribution in [0.4, 0.5) is 5.69 Å². The molecule has 1 heterocycles. The van der Waals surface area contributed by atoms with Crippen LogP contribution in [0.1, 0.15) is 40.0 Å². The molecule has 0 saturated heterocycles. The molecular weight excluding hydrogens is 288 g/mol. The highest BCUT2D eigenvalue weighted by atomic mass is 32.2. The van der Waals surface area contributed by atoms with E-state index in [0.717, 1.165) is 31.5 Å². The second-order valence-corrected chi connectivity index (χ2v) is 9.48. The summed E-state index contributed by atoms with van der Waals surface area (Å²) in [4.78, 5) is 4.08. The van der Waals surface area contributed by atoms with Gasteiger partial charge in [0.15, 0.2) is 14.9 Å². The lowest BCUT2D eigenvalue weighted by molar-refractivity contribution is 0.253. The fourth-order valence-corrected chi connectivity index (χ4v) is 3.24. The number of aliphatic hydroxyl groups excluding tert-OH is 1. The largest absolute Gasteiger partial charge is 0.396 e. The predicted octanol–water partition coefficient (Wildman–Crippen LogP) is 2.23. The standard InChI is InChI=1S/C15H24N2O3S/c1-14(2,3)21(19,20)13-5-4-12(10-16-13)17-11-15(6-7-15)8-9-18/h4-5,10,17-18H,6-9,11H2,1-3H3. The van der Waals surface area contributed by atoms with Crippen molar-refractivity contribution < 1.29 is 13.5 Å². The highest BCUT2D eigenvalue weighted by Crippen LogP contribution is 2.48. The number of sulfone groups is 1. The minimum Gasteiger partial charge on any atom is -0.396 e. The summed E-state index contributed by atoms with van der Waals surface area (Å²) in [7, 11) is -3.40. The van der Waals surface area contributed by atoms with Crippen LogP contribution in [0.3, 0.4) is 0 Å². The maximum Gasteiger partial charge on any atom is 0.200 e. The molecular formula is C15H24N2O3S. The van der Waals surface area contributed by atoms with Gasteiger partial charge >= 0.3 is 0 Å². The maximum absolute atomic E-state index is 12.3. The average molecular weight is 312 g/mol.